The predicted octanol–water partition coefficient (Wildman–Crippen LogP) is 2.75. The molecule has 1 aliphatic heterocycles. The number of nitrogens with zero attached hydrogens (tertiary/aromatic N) is 2. The van der Waals surface area contributed by atoms with E-state index >= 15 is 0 Å². The predicted molar refractivity (Wildman–Crippen MR) is 116 cm³/mol. The Kier molecular flexibility index (Phi) is 9.75. The lowest BCUT2D eigenvalue weighted by atomic mass is 9.95. The van der Waals surface area contributed by atoms with Crippen molar-refractivity contribution < 1.29 is 9.53 Å². The fourth-order valence-corrected chi connectivity index (χ4v) is 3.18. The van der Waals surface area contributed by atoms with E-state index in [0.29, 0.717) is 18.9 Å². The largest absolute Gasteiger partial charge is 0.491 e. The first-order chi connectivity index (χ1) is 12.0. The third-order valence-corrected chi connectivity index (χ3v) is 4.27. The van der Waals surface area contributed by atoms with E-state index in [1.54, 1.807) is 7.05 Å². The highest BCUT2D eigenvalue weighted by Gasteiger charge is 2.23. The number of primary amides is 1. The Balaban J connectivity index is 0.00000338. The maximum Gasteiger partial charge on any atom is 0.217 e. The number of piperidine rings is 1. The fraction of sp³-hybridized carbons (Fsp3) is 0.579. The summed E-state index contributed by atoms with van der Waals surface area (Å²) in [5.41, 5.74) is 6.51. The minimum absolute atomic E-state index is 0. The maximum absolute atomic E-state index is 11.2. The van der Waals surface area contributed by atoms with Crippen molar-refractivity contribution in [3.8, 4) is 5.75 Å². The number of hydrogen-bond acceptors (Lipinski definition) is 3. The molecule has 1 aromatic carbocycles. The number of carbonyl (C=O) groups is 1. The zero-order chi connectivity index (χ0) is 18.2. The molecule has 0 aliphatic carbocycles. The summed E-state index contributed by atoms with van der Waals surface area (Å²) < 4.78 is 5.66. The normalized spacial score (nSPS) is 17.6. The molecular formula is C19H31IN4O2. The maximum atomic E-state index is 11.2. The summed E-state index contributed by atoms with van der Waals surface area (Å²) >= 11 is 0. The first-order valence-corrected chi connectivity index (χ1v) is 8.97. The molecule has 1 aromatic rings. The van der Waals surface area contributed by atoms with Gasteiger partial charge in [-0.05, 0) is 50.3 Å². The highest BCUT2D eigenvalue weighted by atomic mass is 127. The molecule has 7 heteroatoms. The zero-order valence-corrected chi connectivity index (χ0v) is 18.2. The van der Waals surface area contributed by atoms with Crippen LogP contribution in [0.3, 0.4) is 0 Å². The summed E-state index contributed by atoms with van der Waals surface area (Å²) in [5.74, 6) is 1.85. The van der Waals surface area contributed by atoms with Gasteiger partial charge >= 0.3 is 0 Å². The van der Waals surface area contributed by atoms with Crippen LogP contribution < -0.4 is 15.8 Å². The van der Waals surface area contributed by atoms with Gasteiger partial charge in [0, 0.05) is 33.1 Å². The fourth-order valence-electron chi connectivity index (χ4n) is 3.18. The Labute approximate surface area is 173 Å². The van der Waals surface area contributed by atoms with Crippen molar-refractivity contribution in [2.75, 3.05) is 20.1 Å². The van der Waals surface area contributed by atoms with Gasteiger partial charge in [0.15, 0.2) is 5.96 Å². The molecule has 1 unspecified atom stereocenters. The third-order valence-electron chi connectivity index (χ3n) is 4.27. The summed E-state index contributed by atoms with van der Waals surface area (Å²) in [7, 11) is 1.79. The number of nitrogens with one attached hydrogen (secondary N) is 1. The van der Waals surface area contributed by atoms with Crippen LogP contribution in [0.5, 0.6) is 5.75 Å². The van der Waals surface area contributed by atoms with E-state index in [4.69, 9.17) is 10.5 Å². The first kappa shape index (κ1) is 22.5. The number of nitrogens with two attached hydrogens (primary N) is 1. The number of rotatable bonds is 6. The van der Waals surface area contributed by atoms with Crippen molar-refractivity contribution in [3.63, 3.8) is 0 Å². The van der Waals surface area contributed by atoms with Crippen molar-refractivity contribution in [3.05, 3.63) is 29.8 Å². The lowest BCUT2D eigenvalue weighted by Gasteiger charge is -2.34. The van der Waals surface area contributed by atoms with Gasteiger partial charge in [0.2, 0.25) is 5.91 Å². The molecule has 1 amide bonds. The minimum Gasteiger partial charge on any atom is -0.491 e. The van der Waals surface area contributed by atoms with Gasteiger partial charge < -0.3 is 20.7 Å². The molecule has 0 bridgehead atoms. The summed E-state index contributed by atoms with van der Waals surface area (Å²) in [6.07, 6.45) is 2.73. The molecule has 146 valence electrons. The van der Waals surface area contributed by atoms with E-state index in [1.165, 1.54) is 5.56 Å². The van der Waals surface area contributed by atoms with Crippen LogP contribution in [0.1, 0.15) is 38.7 Å². The Morgan fingerprint density at radius 3 is 2.65 bits per heavy atom. The molecular weight excluding hydrogens is 443 g/mol. The van der Waals surface area contributed by atoms with Crippen LogP contribution in [0.15, 0.2) is 29.3 Å². The molecule has 3 N–H and O–H groups in total. The Bertz CT molecular complexity index is 590. The number of hydrogen-bond donors (Lipinski definition) is 2. The molecule has 0 radical (unpaired) electrons. The summed E-state index contributed by atoms with van der Waals surface area (Å²) in [6, 6.07) is 8.10. The second kappa shape index (κ2) is 11.3. The van der Waals surface area contributed by atoms with E-state index in [-0.39, 0.29) is 36.0 Å². The number of ether oxygens (including phenoxy) is 1. The van der Waals surface area contributed by atoms with Crippen LogP contribution in [0.4, 0.5) is 0 Å². The van der Waals surface area contributed by atoms with E-state index in [2.05, 4.69) is 27.3 Å². The van der Waals surface area contributed by atoms with Gasteiger partial charge in [-0.3, -0.25) is 9.79 Å². The Morgan fingerprint density at radius 2 is 2.08 bits per heavy atom. The van der Waals surface area contributed by atoms with Gasteiger partial charge in [-0.15, -0.1) is 24.0 Å². The Hall–Kier alpha value is -1.51. The lowest BCUT2D eigenvalue weighted by molar-refractivity contribution is -0.119. The van der Waals surface area contributed by atoms with Gasteiger partial charge in [0.25, 0.3) is 0 Å². The molecule has 0 aromatic heterocycles. The third kappa shape index (κ3) is 7.39. The van der Waals surface area contributed by atoms with Gasteiger partial charge in [-0.25, -0.2) is 0 Å². The van der Waals surface area contributed by atoms with Gasteiger partial charge in [-0.1, -0.05) is 12.1 Å². The van der Waals surface area contributed by atoms with Crippen molar-refractivity contribution in [1.82, 2.24) is 10.2 Å². The van der Waals surface area contributed by atoms with Crippen molar-refractivity contribution in [1.29, 1.82) is 0 Å². The van der Waals surface area contributed by atoms with Gasteiger partial charge in [0.05, 0.1) is 6.10 Å². The number of halogens is 1. The second-order valence-corrected chi connectivity index (χ2v) is 6.84. The molecule has 6 nitrogen and oxygen atoms in total. The molecule has 2 rings (SSSR count). The smallest absolute Gasteiger partial charge is 0.217 e. The van der Waals surface area contributed by atoms with Crippen molar-refractivity contribution in [2.24, 2.45) is 16.6 Å². The molecule has 0 spiro atoms. The van der Waals surface area contributed by atoms with E-state index in [9.17, 15) is 4.79 Å². The van der Waals surface area contributed by atoms with Crippen LogP contribution in [0.25, 0.3) is 0 Å². The second-order valence-electron chi connectivity index (χ2n) is 6.84. The molecule has 0 saturated carbocycles. The van der Waals surface area contributed by atoms with Crippen molar-refractivity contribution >= 4 is 35.8 Å². The molecule has 26 heavy (non-hydrogen) atoms. The van der Waals surface area contributed by atoms with Crippen molar-refractivity contribution in [2.45, 2.75) is 45.8 Å². The standard InChI is InChI=1S/C19H30N4O2.HI/c1-14(2)25-17-8-6-15(7-9-17)12-22-19(21-3)23-10-4-5-16(13-23)11-18(20)24;/h6-9,14,16H,4-5,10-13H2,1-3H3,(H2,20,24)(H,21,22);1H. The van der Waals surface area contributed by atoms with Gasteiger partial charge in [-0.2, -0.15) is 0 Å². The molecule has 1 saturated heterocycles. The number of amides is 1. The number of carbonyl (C=O) groups excluding carboxylic acids is 1. The zero-order valence-electron chi connectivity index (χ0n) is 15.9. The van der Waals surface area contributed by atoms with E-state index < -0.39 is 0 Å². The summed E-state index contributed by atoms with van der Waals surface area (Å²) in [4.78, 5) is 17.8. The quantitative estimate of drug-likeness (QED) is 0.378. The van der Waals surface area contributed by atoms with Crippen LogP contribution >= 0.6 is 24.0 Å². The van der Waals surface area contributed by atoms with Crippen LogP contribution in [0.2, 0.25) is 0 Å². The SMILES string of the molecule is CN=C(NCc1ccc(OC(C)C)cc1)N1CCCC(CC(N)=O)C1.I. The summed E-state index contributed by atoms with van der Waals surface area (Å²) in [6.45, 7) is 6.51. The monoisotopic (exact) mass is 474 g/mol. The molecule has 1 fully saturated rings. The molecule has 1 atom stereocenters. The van der Waals surface area contributed by atoms with Gasteiger partial charge in [0.1, 0.15) is 5.75 Å². The first-order valence-electron chi connectivity index (χ1n) is 8.97. The topological polar surface area (TPSA) is 80.0 Å². The van der Waals surface area contributed by atoms with Crippen LogP contribution in [0, 0.1) is 5.92 Å². The average molecular weight is 474 g/mol. The van der Waals surface area contributed by atoms with Crippen LogP contribution in [-0.2, 0) is 11.3 Å². The number of aliphatic imine (C=N–C) groups is 1. The average Bonchev–Trinajstić information content (AvgIpc) is 2.56. The molecule has 1 aliphatic rings. The minimum atomic E-state index is -0.224. The van der Waals surface area contributed by atoms with Crippen LogP contribution in [-0.4, -0.2) is 43.0 Å². The number of guanidine groups is 1. The number of benzene rings is 1. The lowest BCUT2D eigenvalue weighted by Crippen LogP contribution is -2.46. The molecule has 1 heterocycles. The highest BCUT2D eigenvalue weighted by molar-refractivity contribution is 14.0. The highest BCUT2D eigenvalue weighted by Crippen LogP contribution is 2.19. The number of likely N-dealkylation sites (tertiary alicyclic amines) is 1. The summed E-state index contributed by atoms with van der Waals surface area (Å²) in [5, 5.41) is 3.41. The van der Waals surface area contributed by atoms with E-state index in [1.807, 2.05) is 26.0 Å². The Morgan fingerprint density at radius 1 is 1.38 bits per heavy atom. The van der Waals surface area contributed by atoms with E-state index in [0.717, 1.165) is 37.6 Å².